The Hall–Kier alpha value is -0.610. The van der Waals surface area contributed by atoms with Crippen molar-refractivity contribution in [3.63, 3.8) is 0 Å². The molecular formula is C10H11BrN2S. The summed E-state index contributed by atoms with van der Waals surface area (Å²) in [4.78, 5) is 5.62. The van der Waals surface area contributed by atoms with Gasteiger partial charge in [-0.2, -0.15) is 0 Å². The standard InChI is InChI=1S/C10H11BrN2S/c1-7-8(2)13(6-12-7)4-10-3-9(11)5-14-10/h3,5-6H,4H2,1-2H3. The number of hydrogen-bond donors (Lipinski definition) is 0. The van der Waals surface area contributed by atoms with Crippen molar-refractivity contribution in [2.24, 2.45) is 0 Å². The van der Waals surface area contributed by atoms with E-state index < -0.39 is 0 Å². The Labute approximate surface area is 95.7 Å². The molecule has 0 saturated heterocycles. The number of thiophene rings is 1. The van der Waals surface area contributed by atoms with Crippen molar-refractivity contribution in [2.75, 3.05) is 0 Å². The van der Waals surface area contributed by atoms with Gasteiger partial charge >= 0.3 is 0 Å². The summed E-state index contributed by atoms with van der Waals surface area (Å²) in [6.45, 7) is 5.06. The van der Waals surface area contributed by atoms with Gasteiger partial charge in [0.1, 0.15) is 0 Å². The first-order valence-corrected chi connectivity index (χ1v) is 6.05. The highest BCUT2D eigenvalue weighted by molar-refractivity contribution is 9.10. The number of aromatic nitrogens is 2. The summed E-state index contributed by atoms with van der Waals surface area (Å²) in [7, 11) is 0. The molecule has 0 amide bonds. The number of hydrogen-bond acceptors (Lipinski definition) is 2. The fourth-order valence-corrected chi connectivity index (χ4v) is 2.76. The van der Waals surface area contributed by atoms with E-state index in [9.17, 15) is 0 Å². The lowest BCUT2D eigenvalue weighted by molar-refractivity contribution is 0.779. The zero-order valence-electron chi connectivity index (χ0n) is 8.12. The van der Waals surface area contributed by atoms with E-state index in [1.165, 1.54) is 10.6 Å². The highest BCUT2D eigenvalue weighted by Gasteiger charge is 2.03. The van der Waals surface area contributed by atoms with Gasteiger partial charge in [-0.15, -0.1) is 11.3 Å². The molecule has 0 saturated carbocycles. The van der Waals surface area contributed by atoms with E-state index in [4.69, 9.17) is 0 Å². The van der Waals surface area contributed by atoms with Crippen molar-refractivity contribution in [1.82, 2.24) is 9.55 Å². The number of rotatable bonds is 2. The second kappa shape index (κ2) is 3.87. The van der Waals surface area contributed by atoms with Crippen molar-refractivity contribution in [3.05, 3.63) is 38.5 Å². The van der Waals surface area contributed by atoms with Crippen LogP contribution in [0.15, 0.2) is 22.2 Å². The number of aryl methyl sites for hydroxylation is 1. The van der Waals surface area contributed by atoms with Crippen LogP contribution in [0.3, 0.4) is 0 Å². The second-order valence-electron chi connectivity index (χ2n) is 3.27. The Kier molecular flexibility index (Phi) is 2.74. The molecule has 4 heteroatoms. The number of nitrogens with zero attached hydrogens (tertiary/aromatic N) is 2. The lowest BCUT2D eigenvalue weighted by atomic mass is 10.3. The number of halogens is 1. The third-order valence-electron chi connectivity index (χ3n) is 2.29. The van der Waals surface area contributed by atoms with Crippen LogP contribution in [0.25, 0.3) is 0 Å². The lowest BCUT2D eigenvalue weighted by Crippen LogP contribution is -1.98. The molecule has 2 nitrogen and oxygen atoms in total. The first kappa shape index (κ1) is 9.93. The molecule has 2 heterocycles. The van der Waals surface area contributed by atoms with Gasteiger partial charge in [0.05, 0.1) is 18.6 Å². The third-order valence-corrected chi connectivity index (χ3v) is 3.98. The van der Waals surface area contributed by atoms with E-state index in [0.717, 1.165) is 16.7 Å². The van der Waals surface area contributed by atoms with Crippen molar-refractivity contribution in [2.45, 2.75) is 20.4 Å². The van der Waals surface area contributed by atoms with Gasteiger partial charge in [0, 0.05) is 20.4 Å². The van der Waals surface area contributed by atoms with Gasteiger partial charge < -0.3 is 4.57 Å². The molecule has 2 aromatic heterocycles. The molecule has 0 aliphatic carbocycles. The Morgan fingerprint density at radius 1 is 1.50 bits per heavy atom. The minimum atomic E-state index is 0.920. The fraction of sp³-hybridized carbons (Fsp3) is 0.300. The van der Waals surface area contributed by atoms with Gasteiger partial charge in [-0.1, -0.05) is 0 Å². The quantitative estimate of drug-likeness (QED) is 0.818. The maximum absolute atomic E-state index is 4.27. The molecule has 0 fully saturated rings. The molecule has 0 aliphatic heterocycles. The molecule has 14 heavy (non-hydrogen) atoms. The summed E-state index contributed by atoms with van der Waals surface area (Å²) in [5.41, 5.74) is 2.36. The van der Waals surface area contributed by atoms with E-state index in [1.54, 1.807) is 11.3 Å². The van der Waals surface area contributed by atoms with E-state index in [1.807, 2.05) is 13.3 Å². The molecule has 0 N–H and O–H groups in total. The minimum Gasteiger partial charge on any atom is -0.329 e. The SMILES string of the molecule is Cc1ncn(Cc2cc(Br)cs2)c1C. The molecule has 0 aliphatic rings. The van der Waals surface area contributed by atoms with Crippen molar-refractivity contribution in [3.8, 4) is 0 Å². The van der Waals surface area contributed by atoms with Crippen LogP contribution in [0.4, 0.5) is 0 Å². The van der Waals surface area contributed by atoms with Crippen LogP contribution in [-0.2, 0) is 6.54 Å². The Morgan fingerprint density at radius 3 is 2.79 bits per heavy atom. The maximum Gasteiger partial charge on any atom is 0.0954 e. The molecule has 0 aromatic carbocycles. The lowest BCUT2D eigenvalue weighted by Gasteiger charge is -2.02. The molecule has 2 aromatic rings. The Morgan fingerprint density at radius 2 is 2.29 bits per heavy atom. The van der Waals surface area contributed by atoms with Gasteiger partial charge in [0.15, 0.2) is 0 Å². The zero-order valence-corrected chi connectivity index (χ0v) is 10.5. The average molecular weight is 271 g/mol. The largest absolute Gasteiger partial charge is 0.329 e. The fourth-order valence-electron chi connectivity index (χ4n) is 1.31. The van der Waals surface area contributed by atoms with E-state index in [-0.39, 0.29) is 0 Å². The monoisotopic (exact) mass is 270 g/mol. The summed E-state index contributed by atoms with van der Waals surface area (Å²) in [6, 6.07) is 2.15. The number of imidazole rings is 1. The molecule has 0 spiro atoms. The van der Waals surface area contributed by atoms with Gasteiger partial charge in [-0.05, 0) is 35.8 Å². The Balaban J connectivity index is 2.22. The van der Waals surface area contributed by atoms with Gasteiger partial charge in [0.25, 0.3) is 0 Å². The van der Waals surface area contributed by atoms with Crippen LogP contribution in [0.1, 0.15) is 16.3 Å². The average Bonchev–Trinajstić information content (AvgIpc) is 2.67. The first-order chi connectivity index (χ1) is 6.66. The maximum atomic E-state index is 4.27. The van der Waals surface area contributed by atoms with Crippen LogP contribution in [0.2, 0.25) is 0 Å². The normalized spacial score (nSPS) is 10.8. The van der Waals surface area contributed by atoms with Crippen LogP contribution in [0.5, 0.6) is 0 Å². The molecular weight excluding hydrogens is 260 g/mol. The summed E-state index contributed by atoms with van der Waals surface area (Å²) in [6.07, 6.45) is 1.90. The van der Waals surface area contributed by atoms with E-state index in [0.29, 0.717) is 0 Å². The van der Waals surface area contributed by atoms with Crippen LogP contribution in [-0.4, -0.2) is 9.55 Å². The highest BCUT2D eigenvalue weighted by atomic mass is 79.9. The van der Waals surface area contributed by atoms with Crippen molar-refractivity contribution >= 4 is 27.3 Å². The second-order valence-corrected chi connectivity index (χ2v) is 5.19. The summed E-state index contributed by atoms with van der Waals surface area (Å²) in [5, 5.41) is 2.11. The smallest absolute Gasteiger partial charge is 0.0954 e. The topological polar surface area (TPSA) is 17.8 Å². The van der Waals surface area contributed by atoms with E-state index in [2.05, 4.69) is 43.9 Å². The predicted molar refractivity (Wildman–Crippen MR) is 62.8 cm³/mol. The van der Waals surface area contributed by atoms with Crippen LogP contribution < -0.4 is 0 Å². The molecule has 2 rings (SSSR count). The predicted octanol–water partition coefficient (Wildman–Crippen LogP) is 3.37. The van der Waals surface area contributed by atoms with Gasteiger partial charge in [-0.25, -0.2) is 4.98 Å². The summed E-state index contributed by atoms with van der Waals surface area (Å²) in [5.74, 6) is 0. The van der Waals surface area contributed by atoms with Crippen molar-refractivity contribution in [1.29, 1.82) is 0 Å². The van der Waals surface area contributed by atoms with Crippen LogP contribution in [0, 0.1) is 13.8 Å². The van der Waals surface area contributed by atoms with Gasteiger partial charge in [0.2, 0.25) is 0 Å². The first-order valence-electron chi connectivity index (χ1n) is 4.38. The van der Waals surface area contributed by atoms with Crippen molar-refractivity contribution < 1.29 is 0 Å². The zero-order chi connectivity index (χ0) is 10.1. The molecule has 0 bridgehead atoms. The van der Waals surface area contributed by atoms with E-state index >= 15 is 0 Å². The highest BCUT2D eigenvalue weighted by Crippen LogP contribution is 2.21. The molecule has 74 valence electrons. The molecule has 0 atom stereocenters. The third kappa shape index (κ3) is 1.91. The Bertz CT molecular complexity index is 445. The molecule has 0 unspecified atom stereocenters. The summed E-state index contributed by atoms with van der Waals surface area (Å²) < 4.78 is 3.33. The van der Waals surface area contributed by atoms with Crippen LogP contribution >= 0.6 is 27.3 Å². The summed E-state index contributed by atoms with van der Waals surface area (Å²) >= 11 is 5.22. The minimum absolute atomic E-state index is 0.920. The molecule has 0 radical (unpaired) electrons. The van der Waals surface area contributed by atoms with Gasteiger partial charge in [-0.3, -0.25) is 0 Å².